The number of aliphatic hydroxyl groups excluding tert-OH is 3. The van der Waals surface area contributed by atoms with Crippen LogP contribution in [0.5, 0.6) is 11.5 Å². The highest BCUT2D eigenvalue weighted by Crippen LogP contribution is 2.58. The number of rotatable bonds is 6. The van der Waals surface area contributed by atoms with Gasteiger partial charge in [0.15, 0.2) is 11.2 Å². The standard InChI is InChI=1S/C34H33Br2NO15/c1-9-16(32(47)50-4)26(43)19-13(20(9)35)7-15(39)34(51-5)30(46)18-12(29(45)33(19,34)48)6-11-17(25(18)42)27(44)21(36)22(23(11)40)37-31-14(8-38)24(41)28(49-3)10(2)52-31/h6,10,14-15,24,28,31,37-39,41-43,48H,7-8H2,1-5H3/t10-,14+,15+,24-,28-,31-,33-,34+/m0/s1. The second-order valence-corrected chi connectivity index (χ2v) is 14.5. The first-order valence-corrected chi connectivity index (χ1v) is 17.3. The van der Waals surface area contributed by atoms with Crippen LogP contribution in [0.25, 0.3) is 0 Å². The van der Waals surface area contributed by atoms with Crippen molar-refractivity contribution in [2.45, 2.75) is 62.1 Å². The van der Waals surface area contributed by atoms with Gasteiger partial charge in [-0.2, -0.15) is 0 Å². The van der Waals surface area contributed by atoms with E-state index in [1.165, 1.54) is 14.0 Å². The van der Waals surface area contributed by atoms with E-state index in [0.717, 1.165) is 20.3 Å². The average Bonchev–Trinajstić information content (AvgIpc) is 3.10. The number of ether oxygens (including phenoxy) is 4. The van der Waals surface area contributed by atoms with Gasteiger partial charge in [0.1, 0.15) is 35.1 Å². The molecule has 0 saturated carbocycles. The maximum absolute atomic E-state index is 14.7. The van der Waals surface area contributed by atoms with E-state index >= 15 is 0 Å². The molecule has 18 heteroatoms. The molecule has 1 heterocycles. The Kier molecular flexibility index (Phi) is 9.58. The Balaban J connectivity index is 1.56. The van der Waals surface area contributed by atoms with E-state index in [-0.39, 0.29) is 15.6 Å². The molecule has 6 rings (SSSR count). The molecule has 1 saturated heterocycles. The number of nitrogens with one attached hydrogen (secondary N) is 1. The van der Waals surface area contributed by atoms with Crippen LogP contribution < -0.4 is 5.32 Å². The second-order valence-electron chi connectivity index (χ2n) is 12.9. The number of hydrogen-bond acceptors (Lipinski definition) is 16. The molecule has 8 atom stereocenters. The summed E-state index contributed by atoms with van der Waals surface area (Å²) in [5, 5.41) is 70.9. The van der Waals surface area contributed by atoms with Crippen molar-refractivity contribution in [3.8, 4) is 11.5 Å². The normalized spacial score (nSPS) is 31.1. The topological polar surface area (TPSA) is 256 Å². The largest absolute Gasteiger partial charge is 0.507 e. The molecule has 0 spiro atoms. The van der Waals surface area contributed by atoms with Crippen molar-refractivity contribution in [1.82, 2.24) is 5.32 Å². The first-order valence-electron chi connectivity index (χ1n) is 15.7. The Labute approximate surface area is 311 Å². The van der Waals surface area contributed by atoms with Crippen molar-refractivity contribution in [1.29, 1.82) is 0 Å². The lowest BCUT2D eigenvalue weighted by atomic mass is 9.56. The third-order valence-electron chi connectivity index (χ3n) is 10.5. The second kappa shape index (κ2) is 13.1. The van der Waals surface area contributed by atoms with E-state index in [9.17, 15) is 54.6 Å². The van der Waals surface area contributed by atoms with Gasteiger partial charge in [-0.3, -0.25) is 19.2 Å². The number of fused-ring (bicyclic) bond motifs is 5. The van der Waals surface area contributed by atoms with Crippen LogP contribution in [0, 0.1) is 12.8 Å². The minimum atomic E-state index is -3.30. The molecular weight excluding hydrogens is 822 g/mol. The van der Waals surface area contributed by atoms with Crippen LogP contribution in [0.3, 0.4) is 0 Å². The minimum Gasteiger partial charge on any atom is -0.507 e. The fourth-order valence-corrected chi connectivity index (χ4v) is 9.00. The van der Waals surface area contributed by atoms with Crippen LogP contribution in [-0.4, -0.2) is 124 Å². The number of carbonyl (C=O) groups excluding carboxylic acids is 5. The molecule has 2 aromatic carbocycles. The monoisotopic (exact) mass is 853 g/mol. The molecule has 52 heavy (non-hydrogen) atoms. The summed E-state index contributed by atoms with van der Waals surface area (Å²) < 4.78 is 21.1. The first-order chi connectivity index (χ1) is 24.4. The number of hydrogen-bond donors (Lipinski definition) is 7. The number of aliphatic hydroxyl groups is 4. The van der Waals surface area contributed by atoms with E-state index in [0.29, 0.717) is 0 Å². The fraction of sp³-hybridized carbons (Fsp3) is 0.441. The molecule has 0 unspecified atom stereocenters. The lowest BCUT2D eigenvalue weighted by molar-refractivity contribution is -0.214. The van der Waals surface area contributed by atoms with Gasteiger partial charge in [0, 0.05) is 41.8 Å². The minimum absolute atomic E-state index is 0.0558. The lowest BCUT2D eigenvalue weighted by Gasteiger charge is -2.53. The van der Waals surface area contributed by atoms with E-state index in [1.807, 2.05) is 0 Å². The Morgan fingerprint density at radius 1 is 1.02 bits per heavy atom. The van der Waals surface area contributed by atoms with Gasteiger partial charge in [-0.05, 0) is 47.0 Å². The van der Waals surface area contributed by atoms with Crippen molar-refractivity contribution in [2.75, 3.05) is 27.9 Å². The summed E-state index contributed by atoms with van der Waals surface area (Å²) >= 11 is 6.39. The third-order valence-corrected chi connectivity index (χ3v) is 12.4. The highest BCUT2D eigenvalue weighted by Gasteiger charge is 2.73. The molecule has 1 aliphatic heterocycles. The summed E-state index contributed by atoms with van der Waals surface area (Å²) in [6.45, 7) is 2.38. The van der Waals surface area contributed by atoms with Gasteiger partial charge >= 0.3 is 5.97 Å². The summed E-state index contributed by atoms with van der Waals surface area (Å²) in [5.41, 5.74) is -10.7. The van der Waals surface area contributed by atoms with Crippen molar-refractivity contribution in [2.24, 2.45) is 5.92 Å². The molecule has 278 valence electrons. The predicted octanol–water partition coefficient (Wildman–Crippen LogP) is 0.829. The van der Waals surface area contributed by atoms with Gasteiger partial charge in [0.2, 0.25) is 23.1 Å². The molecule has 0 radical (unpaired) electrons. The highest BCUT2D eigenvalue weighted by molar-refractivity contribution is 9.12. The van der Waals surface area contributed by atoms with Gasteiger partial charge in [0.25, 0.3) is 0 Å². The summed E-state index contributed by atoms with van der Waals surface area (Å²) in [5.74, 6) is -9.06. The van der Waals surface area contributed by atoms with Crippen molar-refractivity contribution < 1.29 is 73.6 Å². The average molecular weight is 855 g/mol. The number of methoxy groups -OCH3 is 3. The zero-order chi connectivity index (χ0) is 38.5. The van der Waals surface area contributed by atoms with Crippen LogP contribution in [-0.2, 0) is 31.0 Å². The zero-order valence-corrected chi connectivity index (χ0v) is 31.2. The maximum atomic E-state index is 14.7. The highest BCUT2D eigenvalue weighted by atomic mass is 79.9. The van der Waals surface area contributed by atoms with Crippen molar-refractivity contribution in [3.63, 3.8) is 0 Å². The number of ketones is 4. The van der Waals surface area contributed by atoms with E-state index in [4.69, 9.17) is 18.9 Å². The van der Waals surface area contributed by atoms with E-state index in [1.54, 1.807) is 6.92 Å². The van der Waals surface area contributed by atoms with Gasteiger partial charge in [-0.25, -0.2) is 4.79 Å². The Morgan fingerprint density at radius 3 is 2.25 bits per heavy atom. The van der Waals surface area contributed by atoms with Crippen LogP contribution in [0.4, 0.5) is 0 Å². The molecule has 0 amide bonds. The lowest BCUT2D eigenvalue weighted by Crippen LogP contribution is -2.73. The number of halogens is 2. The molecule has 7 N–H and O–H groups in total. The number of aromatic hydroxyl groups is 2. The molecule has 1 fully saturated rings. The van der Waals surface area contributed by atoms with Crippen LogP contribution in [0.15, 0.2) is 20.7 Å². The molecular formula is C34H33Br2NO15. The predicted molar refractivity (Wildman–Crippen MR) is 181 cm³/mol. The SMILES string of the molecule is COC(=O)c1c(C)c(Br)c2c(c1O)[C@]1(O)C(=O)c3cc4c(c(O)c3C(=O)[C@]1(OC)[C@H](O)C2)C(=O)C(Br)=C(N[C@H]1O[C@@H](C)[C@H](OC)[C@@H](O)[C@H]1CO)C4=O. The summed E-state index contributed by atoms with van der Waals surface area (Å²) in [4.78, 5) is 70.1. The molecule has 0 aromatic heterocycles. The van der Waals surface area contributed by atoms with E-state index < -0.39 is 145 Å². The van der Waals surface area contributed by atoms with E-state index in [2.05, 4.69) is 37.2 Å². The van der Waals surface area contributed by atoms with Crippen molar-refractivity contribution in [3.05, 3.63) is 65.2 Å². The van der Waals surface area contributed by atoms with Crippen LogP contribution in [0.1, 0.15) is 75.4 Å². The quantitative estimate of drug-likeness (QED) is 0.199. The van der Waals surface area contributed by atoms with Crippen molar-refractivity contribution >= 4 is 61.0 Å². The molecule has 4 aliphatic rings. The Bertz CT molecular complexity index is 2030. The molecule has 3 aliphatic carbocycles. The number of phenolic OH excluding ortho intramolecular Hbond substituents is 2. The fourth-order valence-electron chi connectivity index (χ4n) is 7.94. The molecule has 2 aromatic rings. The van der Waals surface area contributed by atoms with Crippen LogP contribution in [0.2, 0.25) is 0 Å². The number of carbonyl (C=O) groups is 5. The van der Waals surface area contributed by atoms with Gasteiger partial charge < -0.3 is 54.9 Å². The van der Waals surface area contributed by atoms with Gasteiger partial charge in [0.05, 0.1) is 53.6 Å². The summed E-state index contributed by atoms with van der Waals surface area (Å²) in [7, 11) is 3.27. The molecule has 0 bridgehead atoms. The third kappa shape index (κ3) is 4.72. The number of allylic oxidation sites excluding steroid dienone is 2. The number of phenols is 2. The Morgan fingerprint density at radius 2 is 1.67 bits per heavy atom. The van der Waals surface area contributed by atoms with Gasteiger partial charge in [-0.15, -0.1) is 0 Å². The summed E-state index contributed by atoms with van der Waals surface area (Å²) in [6.07, 6.45) is -6.65. The Hall–Kier alpha value is -3.59. The summed E-state index contributed by atoms with van der Waals surface area (Å²) in [6, 6.07) is 0.815. The number of esters is 1. The first kappa shape index (κ1) is 38.1. The van der Waals surface area contributed by atoms with Gasteiger partial charge in [-0.1, -0.05) is 15.9 Å². The molecule has 16 nitrogen and oxygen atoms in total. The zero-order valence-electron chi connectivity index (χ0n) is 28.1. The number of Topliss-reactive ketones (excluding diaryl/α,β-unsaturated/α-hetero) is 4. The van der Waals surface area contributed by atoms with Crippen LogP contribution >= 0.6 is 31.9 Å². The number of benzene rings is 2. The maximum Gasteiger partial charge on any atom is 0.341 e. The smallest absolute Gasteiger partial charge is 0.341 e.